The average Bonchev–Trinajstić information content (AvgIpc) is 2.44. The SMILES string of the molecule is CCNC(Cc1c(Cl)cccc1Cl)c1cc(C)nnc1C. The third-order valence-corrected chi connectivity index (χ3v) is 4.14. The fourth-order valence-electron chi connectivity index (χ4n) is 2.39. The largest absolute Gasteiger partial charge is 0.310 e. The molecule has 1 unspecified atom stereocenters. The highest BCUT2D eigenvalue weighted by atomic mass is 35.5. The maximum absolute atomic E-state index is 6.29. The predicted octanol–water partition coefficient (Wildman–Crippen LogP) is 4.29. The lowest BCUT2D eigenvalue weighted by Gasteiger charge is -2.21. The van der Waals surface area contributed by atoms with Crippen molar-refractivity contribution in [3.63, 3.8) is 0 Å². The maximum Gasteiger partial charge on any atom is 0.0648 e. The van der Waals surface area contributed by atoms with Gasteiger partial charge in [0, 0.05) is 16.1 Å². The second kappa shape index (κ2) is 7.21. The van der Waals surface area contributed by atoms with Crippen molar-refractivity contribution in [2.24, 2.45) is 0 Å². The summed E-state index contributed by atoms with van der Waals surface area (Å²) in [7, 11) is 0. The Kier molecular flexibility index (Phi) is 5.57. The van der Waals surface area contributed by atoms with E-state index in [1.165, 1.54) is 0 Å². The number of aryl methyl sites for hydroxylation is 2. The molecule has 1 aromatic heterocycles. The molecular weight excluding hydrogens is 305 g/mol. The molecule has 1 heterocycles. The van der Waals surface area contributed by atoms with E-state index in [1.807, 2.05) is 32.0 Å². The van der Waals surface area contributed by atoms with Crippen molar-refractivity contribution < 1.29 is 0 Å². The minimum absolute atomic E-state index is 0.113. The average molecular weight is 324 g/mol. The van der Waals surface area contributed by atoms with Crippen molar-refractivity contribution in [3.05, 3.63) is 56.8 Å². The van der Waals surface area contributed by atoms with Gasteiger partial charge in [0.2, 0.25) is 0 Å². The molecule has 0 aliphatic rings. The Hall–Kier alpha value is -1.16. The molecule has 0 aliphatic heterocycles. The molecule has 21 heavy (non-hydrogen) atoms. The first-order valence-electron chi connectivity index (χ1n) is 7.00. The van der Waals surface area contributed by atoms with Gasteiger partial charge in [0.1, 0.15) is 0 Å². The van der Waals surface area contributed by atoms with Crippen LogP contribution in [-0.2, 0) is 6.42 Å². The van der Waals surface area contributed by atoms with Crippen LogP contribution in [0.3, 0.4) is 0 Å². The van der Waals surface area contributed by atoms with E-state index in [4.69, 9.17) is 23.2 Å². The van der Waals surface area contributed by atoms with Gasteiger partial charge < -0.3 is 5.32 Å². The Labute approximate surface area is 135 Å². The van der Waals surface area contributed by atoms with Gasteiger partial charge in [-0.1, -0.05) is 36.2 Å². The minimum atomic E-state index is 0.113. The Balaban J connectivity index is 2.38. The minimum Gasteiger partial charge on any atom is -0.310 e. The van der Waals surface area contributed by atoms with Crippen LogP contribution in [0.2, 0.25) is 10.0 Å². The van der Waals surface area contributed by atoms with Gasteiger partial charge in [0.05, 0.1) is 11.4 Å². The molecule has 0 radical (unpaired) electrons. The normalized spacial score (nSPS) is 12.4. The first-order chi connectivity index (χ1) is 10.0. The van der Waals surface area contributed by atoms with Crippen LogP contribution in [-0.4, -0.2) is 16.7 Å². The number of rotatable bonds is 5. The zero-order valence-electron chi connectivity index (χ0n) is 12.5. The second-order valence-electron chi connectivity index (χ2n) is 5.04. The molecule has 1 N–H and O–H groups in total. The number of halogens is 2. The van der Waals surface area contributed by atoms with Crippen LogP contribution in [0.4, 0.5) is 0 Å². The summed E-state index contributed by atoms with van der Waals surface area (Å²) >= 11 is 12.6. The molecule has 3 nitrogen and oxygen atoms in total. The van der Waals surface area contributed by atoms with E-state index < -0.39 is 0 Å². The zero-order valence-corrected chi connectivity index (χ0v) is 14.0. The van der Waals surface area contributed by atoms with Crippen LogP contribution >= 0.6 is 23.2 Å². The summed E-state index contributed by atoms with van der Waals surface area (Å²) in [4.78, 5) is 0. The molecule has 2 aromatic rings. The van der Waals surface area contributed by atoms with E-state index in [-0.39, 0.29) is 6.04 Å². The molecule has 0 bridgehead atoms. The second-order valence-corrected chi connectivity index (χ2v) is 5.86. The number of likely N-dealkylation sites (N-methyl/N-ethyl adjacent to an activating group) is 1. The summed E-state index contributed by atoms with van der Waals surface area (Å²) in [6, 6.07) is 7.78. The van der Waals surface area contributed by atoms with Crippen molar-refractivity contribution in [3.8, 4) is 0 Å². The monoisotopic (exact) mass is 323 g/mol. The standard InChI is InChI=1S/C16H19Cl2N3/c1-4-19-16(12-8-10(2)20-21-11(12)3)9-13-14(17)6-5-7-15(13)18/h5-8,16,19H,4,9H2,1-3H3. The van der Waals surface area contributed by atoms with Crippen molar-refractivity contribution >= 4 is 23.2 Å². The summed E-state index contributed by atoms with van der Waals surface area (Å²) in [6.45, 7) is 6.85. The van der Waals surface area contributed by atoms with Crippen LogP contribution in [0.5, 0.6) is 0 Å². The highest BCUT2D eigenvalue weighted by Crippen LogP contribution is 2.30. The molecule has 5 heteroatoms. The molecular formula is C16H19Cl2N3. The van der Waals surface area contributed by atoms with Crippen LogP contribution in [0.15, 0.2) is 24.3 Å². The van der Waals surface area contributed by atoms with Crippen LogP contribution in [0, 0.1) is 13.8 Å². The lowest BCUT2D eigenvalue weighted by atomic mass is 9.97. The van der Waals surface area contributed by atoms with E-state index in [1.54, 1.807) is 0 Å². The number of hydrogen-bond acceptors (Lipinski definition) is 3. The summed E-state index contributed by atoms with van der Waals surface area (Å²) < 4.78 is 0. The van der Waals surface area contributed by atoms with Crippen molar-refractivity contribution in [1.82, 2.24) is 15.5 Å². The van der Waals surface area contributed by atoms with Gasteiger partial charge in [0.25, 0.3) is 0 Å². The molecule has 1 atom stereocenters. The van der Waals surface area contributed by atoms with Gasteiger partial charge in [-0.05, 0) is 56.1 Å². The summed E-state index contributed by atoms with van der Waals surface area (Å²) in [6.07, 6.45) is 0.721. The van der Waals surface area contributed by atoms with Crippen molar-refractivity contribution in [2.45, 2.75) is 33.2 Å². The predicted molar refractivity (Wildman–Crippen MR) is 88.1 cm³/mol. The maximum atomic E-state index is 6.29. The third-order valence-electron chi connectivity index (χ3n) is 3.44. The topological polar surface area (TPSA) is 37.8 Å². The Morgan fingerprint density at radius 1 is 1.14 bits per heavy atom. The molecule has 2 rings (SSSR count). The van der Waals surface area contributed by atoms with Gasteiger partial charge in [0.15, 0.2) is 0 Å². The molecule has 0 saturated carbocycles. The lowest BCUT2D eigenvalue weighted by molar-refractivity contribution is 0.542. The van der Waals surface area contributed by atoms with E-state index in [9.17, 15) is 0 Å². The summed E-state index contributed by atoms with van der Waals surface area (Å²) in [5.74, 6) is 0. The third kappa shape index (κ3) is 3.94. The number of benzene rings is 1. The number of aromatic nitrogens is 2. The first kappa shape index (κ1) is 16.2. The fourth-order valence-corrected chi connectivity index (χ4v) is 2.94. The number of hydrogen-bond donors (Lipinski definition) is 1. The quantitative estimate of drug-likeness (QED) is 0.891. The van der Waals surface area contributed by atoms with E-state index in [2.05, 4.69) is 28.5 Å². The van der Waals surface area contributed by atoms with Gasteiger partial charge in [-0.25, -0.2) is 0 Å². The highest BCUT2D eigenvalue weighted by molar-refractivity contribution is 6.36. The Morgan fingerprint density at radius 3 is 2.43 bits per heavy atom. The van der Waals surface area contributed by atoms with E-state index in [0.717, 1.165) is 35.5 Å². The highest BCUT2D eigenvalue weighted by Gasteiger charge is 2.18. The summed E-state index contributed by atoms with van der Waals surface area (Å²) in [5.41, 5.74) is 3.93. The Bertz CT molecular complexity index is 609. The smallest absolute Gasteiger partial charge is 0.0648 e. The lowest BCUT2D eigenvalue weighted by Crippen LogP contribution is -2.24. The molecule has 0 spiro atoms. The van der Waals surface area contributed by atoms with Gasteiger partial charge in [-0.15, -0.1) is 0 Å². The Morgan fingerprint density at radius 2 is 1.81 bits per heavy atom. The summed E-state index contributed by atoms with van der Waals surface area (Å²) in [5, 5.41) is 13.2. The number of nitrogens with zero attached hydrogens (tertiary/aromatic N) is 2. The van der Waals surface area contributed by atoms with Crippen molar-refractivity contribution in [2.75, 3.05) is 6.54 Å². The zero-order chi connectivity index (χ0) is 15.4. The van der Waals surface area contributed by atoms with Gasteiger partial charge in [-0.2, -0.15) is 10.2 Å². The van der Waals surface area contributed by atoms with Gasteiger partial charge in [-0.3, -0.25) is 0 Å². The van der Waals surface area contributed by atoms with Crippen LogP contribution in [0.25, 0.3) is 0 Å². The molecule has 0 fully saturated rings. The molecule has 112 valence electrons. The first-order valence-corrected chi connectivity index (χ1v) is 7.75. The van der Waals surface area contributed by atoms with Crippen LogP contribution in [0.1, 0.15) is 35.5 Å². The molecule has 0 saturated heterocycles. The number of nitrogens with one attached hydrogen (secondary N) is 1. The fraction of sp³-hybridized carbons (Fsp3) is 0.375. The molecule has 0 amide bonds. The van der Waals surface area contributed by atoms with Gasteiger partial charge >= 0.3 is 0 Å². The van der Waals surface area contributed by atoms with Crippen molar-refractivity contribution in [1.29, 1.82) is 0 Å². The molecule has 0 aliphatic carbocycles. The molecule has 1 aromatic carbocycles. The van der Waals surface area contributed by atoms with Crippen LogP contribution < -0.4 is 5.32 Å². The van der Waals surface area contributed by atoms with E-state index in [0.29, 0.717) is 10.0 Å². The van der Waals surface area contributed by atoms with E-state index >= 15 is 0 Å².